The Hall–Kier alpha value is -3.84. The zero-order valence-corrected chi connectivity index (χ0v) is 21.4. The first-order valence-corrected chi connectivity index (χ1v) is 12.4. The molecule has 1 saturated carbocycles. The Labute approximate surface area is 216 Å². The Bertz CT molecular complexity index is 1410. The molecule has 1 unspecified atom stereocenters. The molecule has 0 saturated heterocycles. The largest absolute Gasteiger partial charge is 0.383 e. The average Bonchev–Trinajstić information content (AvgIpc) is 3.58. The van der Waals surface area contributed by atoms with E-state index in [1.165, 1.54) is 24.4 Å². The molecule has 5 rings (SSSR count). The van der Waals surface area contributed by atoms with E-state index < -0.39 is 11.3 Å². The maximum Gasteiger partial charge on any atom is 0.151 e. The first kappa shape index (κ1) is 24.8. The summed E-state index contributed by atoms with van der Waals surface area (Å²) in [4.78, 5) is 4.23. The van der Waals surface area contributed by atoms with E-state index in [-0.39, 0.29) is 16.7 Å². The van der Waals surface area contributed by atoms with Gasteiger partial charge in [-0.15, -0.1) is 5.53 Å². The zero-order valence-electron chi connectivity index (χ0n) is 21.4. The van der Waals surface area contributed by atoms with E-state index in [4.69, 9.17) is 0 Å². The summed E-state index contributed by atoms with van der Waals surface area (Å²) in [6, 6.07) is 12.1. The minimum atomic E-state index is -0.857. The standard InChI is InChI=1S/C27H30BF2N7/c1-26(2,3)15-33-24-16(12-31)13-32-25-21(24)10-19(11-22(25)30)34-27(28,17-4-6-18(29)7-5-17)23-14-37(36-35-23)20-8-9-20/h4-7,10-11,13-14,20,34-36H,8-9,15,28H2,1-3H3,(H,32,33). The predicted molar refractivity (Wildman–Crippen MR) is 144 cm³/mol. The van der Waals surface area contributed by atoms with Crippen LogP contribution in [0.5, 0.6) is 0 Å². The minimum absolute atomic E-state index is 0.0566. The van der Waals surface area contributed by atoms with E-state index in [0.717, 1.165) is 24.1 Å². The quantitative estimate of drug-likeness (QED) is 0.363. The van der Waals surface area contributed by atoms with Crippen molar-refractivity contribution >= 4 is 30.1 Å². The molecule has 2 aromatic carbocycles. The molecule has 1 aliphatic carbocycles. The first-order valence-electron chi connectivity index (χ1n) is 12.4. The van der Waals surface area contributed by atoms with Crippen molar-refractivity contribution in [2.24, 2.45) is 5.41 Å². The van der Waals surface area contributed by atoms with Crippen LogP contribution in [0.15, 0.2) is 54.5 Å². The van der Waals surface area contributed by atoms with E-state index in [2.05, 4.69) is 53.4 Å². The number of nitrogens with zero attached hydrogens (tertiary/aromatic N) is 3. The molecule has 3 aromatic rings. The maximum atomic E-state index is 15.4. The zero-order chi connectivity index (χ0) is 26.4. The molecule has 1 atom stereocenters. The van der Waals surface area contributed by atoms with Crippen molar-refractivity contribution in [3.8, 4) is 6.07 Å². The highest BCUT2D eigenvalue weighted by molar-refractivity contribution is 6.19. The molecule has 2 aliphatic rings. The monoisotopic (exact) mass is 501 g/mol. The minimum Gasteiger partial charge on any atom is -0.383 e. The Morgan fingerprint density at radius 2 is 1.92 bits per heavy atom. The van der Waals surface area contributed by atoms with Crippen molar-refractivity contribution in [2.45, 2.75) is 45.1 Å². The molecule has 0 radical (unpaired) electrons. The Kier molecular flexibility index (Phi) is 6.20. The third-order valence-corrected chi connectivity index (χ3v) is 6.72. The summed E-state index contributed by atoms with van der Waals surface area (Å²) in [7, 11) is 1.96. The Morgan fingerprint density at radius 1 is 1.19 bits per heavy atom. The van der Waals surface area contributed by atoms with Crippen molar-refractivity contribution in [2.75, 3.05) is 17.2 Å². The lowest BCUT2D eigenvalue weighted by Crippen LogP contribution is -2.45. The molecule has 7 nitrogen and oxygen atoms in total. The van der Waals surface area contributed by atoms with Crippen LogP contribution in [0.3, 0.4) is 0 Å². The number of benzene rings is 2. The van der Waals surface area contributed by atoms with Crippen LogP contribution in [-0.4, -0.2) is 30.4 Å². The summed E-state index contributed by atoms with van der Waals surface area (Å²) >= 11 is 0. The number of aromatic nitrogens is 1. The van der Waals surface area contributed by atoms with E-state index in [0.29, 0.717) is 34.9 Å². The molecule has 37 heavy (non-hydrogen) atoms. The highest BCUT2D eigenvalue weighted by Gasteiger charge is 2.38. The molecule has 0 amide bonds. The molecule has 4 N–H and O–H groups in total. The number of anilines is 2. The second-order valence-corrected chi connectivity index (χ2v) is 11.1. The predicted octanol–water partition coefficient (Wildman–Crippen LogP) is 4.07. The van der Waals surface area contributed by atoms with Crippen molar-refractivity contribution in [1.82, 2.24) is 21.0 Å². The smallest absolute Gasteiger partial charge is 0.151 e. The SMILES string of the molecule is BC(Nc1cc(F)c2ncc(C#N)c(NCC(C)(C)C)c2c1)(C1=CN(C2CC2)NN1)c1ccc(F)cc1. The summed E-state index contributed by atoms with van der Waals surface area (Å²) < 4.78 is 29.2. The topological polar surface area (TPSA) is 88.0 Å². The Balaban J connectivity index is 1.60. The van der Waals surface area contributed by atoms with Gasteiger partial charge in [0, 0.05) is 36.1 Å². The van der Waals surface area contributed by atoms with Gasteiger partial charge in [-0.3, -0.25) is 9.99 Å². The molecule has 2 heterocycles. The number of nitrogens with one attached hydrogen (secondary N) is 4. The fourth-order valence-electron chi connectivity index (χ4n) is 4.46. The molecule has 1 aliphatic heterocycles. The molecule has 10 heteroatoms. The molecule has 190 valence electrons. The number of fused-ring (bicyclic) bond motifs is 1. The summed E-state index contributed by atoms with van der Waals surface area (Å²) in [5.74, 6) is -0.838. The van der Waals surface area contributed by atoms with Crippen LogP contribution >= 0.6 is 0 Å². The number of nitriles is 1. The van der Waals surface area contributed by atoms with Crippen LogP contribution in [0, 0.1) is 28.4 Å². The summed E-state index contributed by atoms with van der Waals surface area (Å²) in [5, 5.41) is 19.1. The van der Waals surface area contributed by atoms with Gasteiger partial charge in [0.15, 0.2) is 5.82 Å². The molecule has 1 fully saturated rings. The fraction of sp³-hybridized carbons (Fsp3) is 0.333. The van der Waals surface area contributed by atoms with Gasteiger partial charge in [0.1, 0.15) is 25.2 Å². The van der Waals surface area contributed by atoms with Crippen LogP contribution < -0.4 is 21.6 Å². The van der Waals surface area contributed by atoms with Crippen molar-refractivity contribution < 1.29 is 8.78 Å². The second kappa shape index (κ2) is 9.23. The molecular formula is C27H30BF2N7. The normalized spacial score (nSPS) is 17.1. The van der Waals surface area contributed by atoms with Gasteiger partial charge in [-0.25, -0.2) is 8.78 Å². The number of halogens is 2. The van der Waals surface area contributed by atoms with Crippen LogP contribution in [0.25, 0.3) is 10.9 Å². The van der Waals surface area contributed by atoms with Gasteiger partial charge in [0.2, 0.25) is 0 Å². The lowest BCUT2D eigenvalue weighted by atomic mass is 9.69. The number of hydrogen-bond acceptors (Lipinski definition) is 7. The third kappa shape index (κ3) is 5.05. The molecular weight excluding hydrogens is 471 g/mol. The molecule has 0 spiro atoms. The number of hydrazine groups is 2. The molecule has 1 aromatic heterocycles. The lowest BCUT2D eigenvalue weighted by molar-refractivity contribution is 0.260. The van der Waals surface area contributed by atoms with Gasteiger partial charge < -0.3 is 16.1 Å². The summed E-state index contributed by atoms with van der Waals surface area (Å²) in [5.41, 5.74) is 8.69. The van der Waals surface area contributed by atoms with Gasteiger partial charge in [-0.2, -0.15) is 5.26 Å². The average molecular weight is 501 g/mol. The van der Waals surface area contributed by atoms with E-state index in [1.54, 1.807) is 18.2 Å². The van der Waals surface area contributed by atoms with Gasteiger partial charge in [0.25, 0.3) is 0 Å². The van der Waals surface area contributed by atoms with Crippen LogP contribution in [0.1, 0.15) is 44.7 Å². The highest BCUT2D eigenvalue weighted by atomic mass is 19.1. The van der Waals surface area contributed by atoms with E-state index >= 15 is 4.39 Å². The van der Waals surface area contributed by atoms with Gasteiger partial charge in [-0.05, 0) is 48.1 Å². The third-order valence-electron chi connectivity index (χ3n) is 6.72. The summed E-state index contributed by atoms with van der Waals surface area (Å²) in [6.45, 7) is 6.84. The summed E-state index contributed by atoms with van der Waals surface area (Å²) in [6.07, 6.45) is 5.61. The van der Waals surface area contributed by atoms with Crippen molar-refractivity contribution in [1.29, 1.82) is 5.26 Å². The number of hydrogen-bond donors (Lipinski definition) is 4. The lowest BCUT2D eigenvalue weighted by Gasteiger charge is -2.34. The van der Waals surface area contributed by atoms with Crippen LogP contribution in [0.4, 0.5) is 20.2 Å². The van der Waals surface area contributed by atoms with Crippen molar-refractivity contribution in [3.63, 3.8) is 0 Å². The number of pyridine rings is 1. The fourth-order valence-corrected chi connectivity index (χ4v) is 4.46. The van der Waals surface area contributed by atoms with Gasteiger partial charge in [-0.1, -0.05) is 32.9 Å². The van der Waals surface area contributed by atoms with Crippen LogP contribution in [-0.2, 0) is 5.44 Å². The van der Waals surface area contributed by atoms with Gasteiger partial charge >= 0.3 is 0 Å². The maximum absolute atomic E-state index is 15.4. The van der Waals surface area contributed by atoms with Crippen LogP contribution in [0.2, 0.25) is 0 Å². The second-order valence-electron chi connectivity index (χ2n) is 11.1. The van der Waals surface area contributed by atoms with E-state index in [9.17, 15) is 9.65 Å². The Morgan fingerprint density at radius 3 is 2.57 bits per heavy atom. The van der Waals surface area contributed by atoms with E-state index in [1.807, 2.05) is 19.1 Å². The number of rotatable bonds is 7. The highest BCUT2D eigenvalue weighted by Crippen LogP contribution is 2.37. The molecule has 0 bridgehead atoms. The van der Waals surface area contributed by atoms with Gasteiger partial charge in [0.05, 0.1) is 22.4 Å². The first-order chi connectivity index (χ1) is 17.6. The van der Waals surface area contributed by atoms with Crippen molar-refractivity contribution in [3.05, 3.63) is 77.3 Å².